The standard InChI is InChI=1S/C13H20N2O3/c1-9(7-8-14)15(2)12(16)10-3-5-11(6-4-10)13(17)18/h9-11H,3-7H2,1-2H3,(H,17,18). The third-order valence-corrected chi connectivity index (χ3v) is 3.82. The fraction of sp³-hybridized carbons (Fsp3) is 0.769. The third kappa shape index (κ3) is 3.46. The van der Waals surface area contributed by atoms with Crippen molar-refractivity contribution >= 4 is 11.9 Å². The molecule has 1 atom stereocenters. The van der Waals surface area contributed by atoms with Crippen LogP contribution >= 0.6 is 0 Å². The summed E-state index contributed by atoms with van der Waals surface area (Å²) in [7, 11) is 1.72. The van der Waals surface area contributed by atoms with E-state index < -0.39 is 5.97 Å². The minimum Gasteiger partial charge on any atom is -0.481 e. The van der Waals surface area contributed by atoms with Gasteiger partial charge in [0.1, 0.15) is 0 Å². The summed E-state index contributed by atoms with van der Waals surface area (Å²) in [6, 6.07) is 1.97. The van der Waals surface area contributed by atoms with Gasteiger partial charge < -0.3 is 10.0 Å². The highest BCUT2D eigenvalue weighted by Gasteiger charge is 2.32. The van der Waals surface area contributed by atoms with E-state index in [2.05, 4.69) is 6.07 Å². The number of nitrogens with zero attached hydrogens (tertiary/aromatic N) is 2. The van der Waals surface area contributed by atoms with Crippen molar-refractivity contribution in [2.75, 3.05) is 7.05 Å². The fourth-order valence-electron chi connectivity index (χ4n) is 2.36. The Morgan fingerprint density at radius 2 is 1.83 bits per heavy atom. The molecule has 1 aliphatic rings. The van der Waals surface area contributed by atoms with E-state index in [4.69, 9.17) is 10.4 Å². The van der Waals surface area contributed by atoms with Crippen LogP contribution < -0.4 is 0 Å². The molecular formula is C13H20N2O3. The van der Waals surface area contributed by atoms with Crippen LogP contribution in [0.4, 0.5) is 0 Å². The van der Waals surface area contributed by atoms with Crippen LogP contribution in [-0.4, -0.2) is 35.0 Å². The second-order valence-electron chi connectivity index (χ2n) is 5.05. The predicted octanol–water partition coefficient (Wildman–Crippen LogP) is 1.64. The highest BCUT2D eigenvalue weighted by Crippen LogP contribution is 2.30. The van der Waals surface area contributed by atoms with Gasteiger partial charge in [0, 0.05) is 19.0 Å². The minimum absolute atomic E-state index is 0.0431. The number of carboxylic acid groups (broad SMARTS) is 1. The van der Waals surface area contributed by atoms with Crippen LogP contribution in [0.25, 0.3) is 0 Å². The van der Waals surface area contributed by atoms with E-state index in [1.807, 2.05) is 6.92 Å². The van der Waals surface area contributed by atoms with Crippen molar-refractivity contribution < 1.29 is 14.7 Å². The number of carboxylic acids is 1. The van der Waals surface area contributed by atoms with E-state index in [1.54, 1.807) is 11.9 Å². The number of aliphatic carboxylic acids is 1. The van der Waals surface area contributed by atoms with Gasteiger partial charge in [-0.05, 0) is 32.6 Å². The van der Waals surface area contributed by atoms with E-state index in [0.29, 0.717) is 32.1 Å². The first kappa shape index (κ1) is 14.5. The quantitative estimate of drug-likeness (QED) is 0.824. The molecule has 0 bridgehead atoms. The molecule has 1 saturated carbocycles. The van der Waals surface area contributed by atoms with Crippen molar-refractivity contribution in [3.63, 3.8) is 0 Å². The van der Waals surface area contributed by atoms with E-state index in [9.17, 15) is 9.59 Å². The Kier molecular flexibility index (Phi) is 5.14. The average Bonchev–Trinajstić information content (AvgIpc) is 2.37. The first-order valence-electron chi connectivity index (χ1n) is 6.33. The first-order valence-corrected chi connectivity index (χ1v) is 6.33. The van der Waals surface area contributed by atoms with E-state index in [0.717, 1.165) is 0 Å². The Balaban J connectivity index is 2.50. The molecule has 0 heterocycles. The van der Waals surface area contributed by atoms with Gasteiger partial charge in [-0.3, -0.25) is 9.59 Å². The number of nitriles is 1. The minimum atomic E-state index is -0.757. The van der Waals surface area contributed by atoms with Crippen LogP contribution in [0.2, 0.25) is 0 Å². The molecule has 5 nitrogen and oxygen atoms in total. The Morgan fingerprint density at radius 3 is 2.28 bits per heavy atom. The van der Waals surface area contributed by atoms with Gasteiger partial charge in [0.2, 0.25) is 5.91 Å². The van der Waals surface area contributed by atoms with Crippen LogP contribution in [0, 0.1) is 23.2 Å². The molecule has 0 spiro atoms. The molecule has 1 amide bonds. The summed E-state index contributed by atoms with van der Waals surface area (Å²) >= 11 is 0. The largest absolute Gasteiger partial charge is 0.481 e. The maximum atomic E-state index is 12.2. The van der Waals surface area contributed by atoms with Gasteiger partial charge >= 0.3 is 5.97 Å². The summed E-state index contributed by atoms with van der Waals surface area (Å²) in [6.45, 7) is 1.85. The molecule has 100 valence electrons. The number of amides is 1. The zero-order chi connectivity index (χ0) is 13.7. The van der Waals surface area contributed by atoms with E-state index in [1.165, 1.54) is 0 Å². The van der Waals surface area contributed by atoms with Gasteiger partial charge in [-0.1, -0.05) is 0 Å². The molecule has 5 heteroatoms. The number of rotatable bonds is 4. The monoisotopic (exact) mass is 252 g/mol. The molecule has 0 aliphatic heterocycles. The SMILES string of the molecule is CC(CC#N)N(C)C(=O)C1CCC(C(=O)O)CC1. The molecule has 0 radical (unpaired) electrons. The van der Waals surface area contributed by atoms with Gasteiger partial charge in [0.25, 0.3) is 0 Å². The van der Waals surface area contributed by atoms with E-state index >= 15 is 0 Å². The molecule has 0 aromatic rings. The van der Waals surface area contributed by atoms with Gasteiger partial charge in [-0.2, -0.15) is 5.26 Å². The number of carbonyl (C=O) groups excluding carboxylic acids is 1. The lowest BCUT2D eigenvalue weighted by molar-refractivity contribution is -0.145. The molecule has 1 rings (SSSR count). The summed E-state index contributed by atoms with van der Waals surface area (Å²) < 4.78 is 0. The number of carbonyl (C=O) groups is 2. The van der Waals surface area contributed by atoms with Crippen molar-refractivity contribution in [3.8, 4) is 6.07 Å². The summed E-state index contributed by atoms with van der Waals surface area (Å²) in [6.07, 6.45) is 2.75. The molecule has 0 aromatic carbocycles. The Hall–Kier alpha value is -1.57. The maximum Gasteiger partial charge on any atom is 0.306 e. The van der Waals surface area contributed by atoms with Crippen molar-refractivity contribution in [1.29, 1.82) is 5.26 Å². The second-order valence-corrected chi connectivity index (χ2v) is 5.05. The van der Waals surface area contributed by atoms with Crippen LogP contribution in [0.5, 0.6) is 0 Å². The van der Waals surface area contributed by atoms with Crippen LogP contribution in [0.1, 0.15) is 39.0 Å². The zero-order valence-electron chi connectivity index (χ0n) is 10.9. The van der Waals surface area contributed by atoms with Gasteiger partial charge in [-0.15, -0.1) is 0 Å². The maximum absolute atomic E-state index is 12.2. The molecule has 1 fully saturated rings. The molecule has 1 unspecified atom stereocenters. The van der Waals surface area contributed by atoms with Crippen LogP contribution in [0.3, 0.4) is 0 Å². The highest BCUT2D eigenvalue weighted by atomic mass is 16.4. The Bertz CT molecular complexity index is 354. The second kappa shape index (κ2) is 6.39. The first-order chi connectivity index (χ1) is 8.47. The normalized spacial score (nSPS) is 24.9. The van der Waals surface area contributed by atoms with Crippen molar-refractivity contribution in [2.24, 2.45) is 11.8 Å². The van der Waals surface area contributed by atoms with Crippen molar-refractivity contribution in [1.82, 2.24) is 4.90 Å². The zero-order valence-corrected chi connectivity index (χ0v) is 10.9. The van der Waals surface area contributed by atoms with Crippen LogP contribution in [-0.2, 0) is 9.59 Å². The lowest BCUT2D eigenvalue weighted by atomic mass is 9.81. The van der Waals surface area contributed by atoms with Crippen molar-refractivity contribution in [3.05, 3.63) is 0 Å². The Morgan fingerprint density at radius 1 is 1.33 bits per heavy atom. The highest BCUT2D eigenvalue weighted by molar-refractivity contribution is 5.79. The van der Waals surface area contributed by atoms with Gasteiger partial charge in [-0.25, -0.2) is 0 Å². The smallest absolute Gasteiger partial charge is 0.306 e. The summed E-state index contributed by atoms with van der Waals surface area (Å²) in [5.41, 5.74) is 0. The Labute approximate surface area is 107 Å². The lowest BCUT2D eigenvalue weighted by Gasteiger charge is -2.31. The summed E-state index contributed by atoms with van der Waals surface area (Å²) in [5.74, 6) is -1.09. The summed E-state index contributed by atoms with van der Waals surface area (Å²) in [5, 5.41) is 17.5. The lowest BCUT2D eigenvalue weighted by Crippen LogP contribution is -2.40. The molecule has 1 N–H and O–H groups in total. The molecular weight excluding hydrogens is 232 g/mol. The molecule has 18 heavy (non-hydrogen) atoms. The predicted molar refractivity (Wildman–Crippen MR) is 65.5 cm³/mol. The van der Waals surface area contributed by atoms with Crippen molar-refractivity contribution in [2.45, 2.75) is 45.1 Å². The molecule has 0 saturated heterocycles. The average molecular weight is 252 g/mol. The van der Waals surface area contributed by atoms with Gasteiger partial charge in [0.15, 0.2) is 0 Å². The number of hydrogen-bond acceptors (Lipinski definition) is 3. The molecule has 1 aliphatic carbocycles. The topological polar surface area (TPSA) is 81.4 Å². The van der Waals surface area contributed by atoms with Gasteiger partial charge in [0.05, 0.1) is 18.4 Å². The fourth-order valence-corrected chi connectivity index (χ4v) is 2.36. The van der Waals surface area contributed by atoms with E-state index in [-0.39, 0.29) is 23.8 Å². The summed E-state index contributed by atoms with van der Waals surface area (Å²) in [4.78, 5) is 24.6. The third-order valence-electron chi connectivity index (χ3n) is 3.82. The number of hydrogen-bond donors (Lipinski definition) is 1. The van der Waals surface area contributed by atoms with Crippen LogP contribution in [0.15, 0.2) is 0 Å². The molecule has 0 aromatic heterocycles.